The molecule has 0 fully saturated rings. The van der Waals surface area contributed by atoms with Gasteiger partial charge in [-0.1, -0.05) is 103 Å². The van der Waals surface area contributed by atoms with E-state index < -0.39 is 0 Å². The number of nitrogens with zero attached hydrogens (tertiary/aromatic N) is 5. The molecule has 0 unspecified atom stereocenters. The van der Waals surface area contributed by atoms with Crippen molar-refractivity contribution >= 4 is 43.6 Å². The zero-order valence-electron chi connectivity index (χ0n) is 30.7. The van der Waals surface area contributed by atoms with Gasteiger partial charge >= 0.3 is 0 Å². The van der Waals surface area contributed by atoms with Crippen molar-refractivity contribution < 1.29 is 0 Å². The second-order valence-electron chi connectivity index (χ2n) is 14.4. The summed E-state index contributed by atoms with van der Waals surface area (Å²) in [5, 5.41) is 5.16. The number of aryl methyl sites for hydroxylation is 4. The van der Waals surface area contributed by atoms with E-state index in [2.05, 4.69) is 135 Å². The van der Waals surface area contributed by atoms with Crippen LogP contribution in [0, 0.1) is 0 Å². The first-order valence-electron chi connectivity index (χ1n) is 19.5. The summed E-state index contributed by atoms with van der Waals surface area (Å²) in [6.07, 6.45) is 11.5. The van der Waals surface area contributed by atoms with Gasteiger partial charge < -0.3 is 14.9 Å². The van der Waals surface area contributed by atoms with Crippen LogP contribution in [0.15, 0.2) is 134 Å². The molecule has 53 heavy (non-hydrogen) atoms. The number of aromatic nitrogens is 4. The smallest absolute Gasteiger partial charge is 0.0786 e. The van der Waals surface area contributed by atoms with Crippen LogP contribution in [0.3, 0.4) is 0 Å². The highest BCUT2D eigenvalue weighted by Crippen LogP contribution is 2.34. The standard InChI is InChI=1S/C47H50N6/c48-28-12-3-13-31-51(34-42-46-40(26-29-49-42)38-22-8-10-24-44(38)52(46)32-14-20-36-16-4-1-5-17-36)35-43-47-41(27-30-50-43)39-23-9-11-25-45(39)53(47)33-15-21-37-18-6-2-7-19-37/h1-2,4-11,16-19,22-27,29-30H,3,12-15,20-21,28,31-35,48H2. The highest BCUT2D eigenvalue weighted by atomic mass is 15.1. The molecule has 4 heterocycles. The van der Waals surface area contributed by atoms with Crippen LogP contribution < -0.4 is 5.73 Å². The Balaban J connectivity index is 1.14. The van der Waals surface area contributed by atoms with Gasteiger partial charge in [-0.15, -0.1) is 0 Å². The Kier molecular flexibility index (Phi) is 10.9. The first-order chi connectivity index (χ1) is 26.3. The number of hydrogen-bond acceptors (Lipinski definition) is 4. The summed E-state index contributed by atoms with van der Waals surface area (Å²) in [4.78, 5) is 12.8. The molecular formula is C47H50N6. The van der Waals surface area contributed by atoms with Crippen LogP contribution in [0.25, 0.3) is 43.6 Å². The number of hydrogen-bond donors (Lipinski definition) is 1. The van der Waals surface area contributed by atoms with Gasteiger partial charge in [0, 0.05) is 71.2 Å². The van der Waals surface area contributed by atoms with Crippen molar-refractivity contribution in [2.75, 3.05) is 13.1 Å². The van der Waals surface area contributed by atoms with Crippen LogP contribution in [-0.2, 0) is 39.0 Å². The quantitative estimate of drug-likeness (QED) is 0.0962. The van der Waals surface area contributed by atoms with E-state index in [1.807, 2.05) is 12.4 Å². The first kappa shape index (κ1) is 34.8. The molecule has 6 heteroatoms. The van der Waals surface area contributed by atoms with Gasteiger partial charge in [0.05, 0.1) is 22.4 Å². The Labute approximate surface area is 312 Å². The fourth-order valence-corrected chi connectivity index (χ4v) is 8.31. The molecule has 8 aromatic rings. The molecule has 6 nitrogen and oxygen atoms in total. The van der Waals surface area contributed by atoms with Crippen LogP contribution in [-0.4, -0.2) is 37.1 Å². The molecule has 2 N–H and O–H groups in total. The molecule has 0 aliphatic heterocycles. The van der Waals surface area contributed by atoms with Crippen LogP contribution in [0.2, 0.25) is 0 Å². The molecule has 268 valence electrons. The van der Waals surface area contributed by atoms with Crippen molar-refractivity contribution in [2.45, 2.75) is 71.1 Å². The Morgan fingerprint density at radius 3 is 1.43 bits per heavy atom. The number of fused-ring (bicyclic) bond motifs is 6. The van der Waals surface area contributed by atoms with Gasteiger partial charge in [-0.25, -0.2) is 0 Å². The number of nitrogens with two attached hydrogens (primary N) is 1. The maximum absolute atomic E-state index is 5.94. The molecule has 4 aromatic carbocycles. The van der Waals surface area contributed by atoms with Crippen molar-refractivity contribution in [2.24, 2.45) is 5.73 Å². The SMILES string of the molecule is NCCCCCN(Cc1nccc2c3ccccc3n(CCCc3ccccc3)c12)Cc1nccc2c3ccccc3n(CCCc3ccccc3)c12. The van der Waals surface area contributed by atoms with Crippen molar-refractivity contribution in [1.29, 1.82) is 0 Å². The van der Waals surface area contributed by atoms with Crippen LogP contribution in [0.4, 0.5) is 0 Å². The fraction of sp³-hybridized carbons (Fsp3) is 0.277. The largest absolute Gasteiger partial charge is 0.339 e. The van der Waals surface area contributed by atoms with E-state index in [1.54, 1.807) is 0 Å². The summed E-state index contributed by atoms with van der Waals surface area (Å²) in [6, 6.07) is 43.8. The third kappa shape index (κ3) is 7.61. The second-order valence-corrected chi connectivity index (χ2v) is 14.4. The van der Waals surface area contributed by atoms with Gasteiger partial charge in [0.25, 0.3) is 0 Å². The molecule has 0 saturated heterocycles. The molecule has 0 bridgehead atoms. The van der Waals surface area contributed by atoms with Crippen LogP contribution in [0.5, 0.6) is 0 Å². The summed E-state index contributed by atoms with van der Waals surface area (Å²) in [5.74, 6) is 0. The van der Waals surface area contributed by atoms with Gasteiger partial charge in [0.1, 0.15) is 0 Å². The van der Waals surface area contributed by atoms with Gasteiger partial charge in [-0.3, -0.25) is 14.9 Å². The lowest BCUT2D eigenvalue weighted by molar-refractivity contribution is 0.246. The second kappa shape index (κ2) is 16.6. The number of benzene rings is 4. The lowest BCUT2D eigenvalue weighted by Crippen LogP contribution is -2.26. The molecule has 8 rings (SSSR count). The maximum atomic E-state index is 5.94. The van der Waals surface area contributed by atoms with E-state index >= 15 is 0 Å². The van der Waals surface area contributed by atoms with E-state index in [1.165, 1.54) is 54.7 Å². The molecule has 0 saturated carbocycles. The summed E-state index contributed by atoms with van der Waals surface area (Å²) < 4.78 is 5.07. The summed E-state index contributed by atoms with van der Waals surface area (Å²) in [7, 11) is 0. The number of rotatable bonds is 17. The van der Waals surface area contributed by atoms with Gasteiger partial charge in [-0.2, -0.15) is 0 Å². The molecule has 0 aliphatic carbocycles. The molecule has 0 aliphatic rings. The van der Waals surface area contributed by atoms with E-state index in [0.717, 1.165) is 95.6 Å². The maximum Gasteiger partial charge on any atom is 0.0786 e. The van der Waals surface area contributed by atoms with E-state index in [9.17, 15) is 0 Å². The van der Waals surface area contributed by atoms with Gasteiger partial charge in [0.15, 0.2) is 0 Å². The molecule has 0 spiro atoms. The zero-order chi connectivity index (χ0) is 35.8. The number of pyridine rings is 2. The fourth-order valence-electron chi connectivity index (χ4n) is 8.31. The van der Waals surface area contributed by atoms with E-state index in [4.69, 9.17) is 15.7 Å². The minimum atomic E-state index is 0.730. The Hall–Kier alpha value is -5.30. The van der Waals surface area contributed by atoms with E-state index in [-0.39, 0.29) is 0 Å². The summed E-state index contributed by atoms with van der Waals surface area (Å²) in [5.41, 5.74) is 16.1. The number of unbranched alkanes of at least 4 members (excludes halogenated alkanes) is 2. The van der Waals surface area contributed by atoms with Crippen molar-refractivity contribution in [3.8, 4) is 0 Å². The molecule has 4 aromatic heterocycles. The lowest BCUT2D eigenvalue weighted by atomic mass is 10.1. The molecule has 0 amide bonds. The predicted molar refractivity (Wildman–Crippen MR) is 221 cm³/mol. The third-order valence-electron chi connectivity index (χ3n) is 10.8. The van der Waals surface area contributed by atoms with Crippen LogP contribution in [0.1, 0.15) is 54.6 Å². The van der Waals surface area contributed by atoms with Gasteiger partial charge in [0.2, 0.25) is 0 Å². The van der Waals surface area contributed by atoms with Crippen molar-refractivity contribution in [3.05, 3.63) is 156 Å². The van der Waals surface area contributed by atoms with Crippen LogP contribution >= 0.6 is 0 Å². The third-order valence-corrected chi connectivity index (χ3v) is 10.8. The number of para-hydroxylation sites is 2. The predicted octanol–water partition coefficient (Wildman–Crippen LogP) is 10.1. The minimum Gasteiger partial charge on any atom is -0.339 e. The lowest BCUT2D eigenvalue weighted by Gasteiger charge is -2.23. The average Bonchev–Trinajstić information content (AvgIpc) is 3.71. The monoisotopic (exact) mass is 698 g/mol. The average molecular weight is 699 g/mol. The molecular weight excluding hydrogens is 649 g/mol. The van der Waals surface area contributed by atoms with E-state index in [0.29, 0.717) is 0 Å². The molecule has 0 radical (unpaired) electrons. The van der Waals surface area contributed by atoms with Gasteiger partial charge in [-0.05, 0) is 87.0 Å². The Morgan fingerprint density at radius 2 is 0.943 bits per heavy atom. The normalized spacial score (nSPS) is 11.9. The summed E-state index contributed by atoms with van der Waals surface area (Å²) >= 11 is 0. The topological polar surface area (TPSA) is 64.9 Å². The molecule has 0 atom stereocenters. The first-order valence-corrected chi connectivity index (χ1v) is 19.5. The summed E-state index contributed by atoms with van der Waals surface area (Å²) in [6.45, 7) is 5.07. The van der Waals surface area contributed by atoms with Crippen molar-refractivity contribution in [1.82, 2.24) is 24.0 Å². The minimum absolute atomic E-state index is 0.730. The van der Waals surface area contributed by atoms with Crippen molar-refractivity contribution in [3.63, 3.8) is 0 Å². The highest BCUT2D eigenvalue weighted by molar-refractivity contribution is 6.09. The Morgan fingerprint density at radius 1 is 0.472 bits per heavy atom. The highest BCUT2D eigenvalue weighted by Gasteiger charge is 2.20. The zero-order valence-corrected chi connectivity index (χ0v) is 30.7. The Bertz CT molecular complexity index is 2240.